The maximum atomic E-state index is 14.9. The minimum atomic E-state index is -6.67. The maximum Gasteiger partial charge on any atom is 0.437 e. The Morgan fingerprint density at radius 3 is 2.27 bits per heavy atom. The molecule has 19 heteroatoms. The summed E-state index contributed by atoms with van der Waals surface area (Å²) in [5, 5.41) is 16.4. The van der Waals surface area contributed by atoms with Crippen LogP contribution in [-0.2, 0) is 17.5 Å². The van der Waals surface area contributed by atoms with E-state index < -0.39 is 53.3 Å². The van der Waals surface area contributed by atoms with E-state index in [1.165, 1.54) is 23.1 Å². The molecule has 1 aliphatic carbocycles. The summed E-state index contributed by atoms with van der Waals surface area (Å²) in [6.07, 6.45) is -10.8. The molecule has 0 aliphatic heterocycles. The molecule has 3 aromatic rings. The van der Waals surface area contributed by atoms with Crippen molar-refractivity contribution in [2.75, 3.05) is 6.73 Å². The topological polar surface area (TPSA) is 98.2 Å². The normalized spacial score (nSPS) is 15.0. The first kappa shape index (κ1) is 33.9. The van der Waals surface area contributed by atoms with E-state index in [0.717, 1.165) is 19.4 Å². The standard InChI is InChI=1S/C26H22ClF9N6O3/c1-13(2)44-12-41(23(11-37)6-7-23)21(43)16-8-14(4-5-17(16)27)15-9-38-42(10-15)20-18(45-22(28)29)19(39-40(20)3)24(30,25(31,32)33)26(34,35)36/h4-5,8-10,13,22H,6-7,12H2,1-3H3. The summed E-state index contributed by atoms with van der Waals surface area (Å²) in [6, 6.07) is 6.08. The van der Waals surface area contributed by atoms with Gasteiger partial charge in [-0.25, -0.2) is 13.8 Å². The zero-order valence-electron chi connectivity index (χ0n) is 23.4. The Kier molecular flexibility index (Phi) is 8.85. The third-order valence-electron chi connectivity index (χ3n) is 6.85. The maximum absolute atomic E-state index is 14.9. The molecular weight excluding hydrogens is 651 g/mol. The lowest BCUT2D eigenvalue weighted by molar-refractivity contribution is -0.350. The van der Waals surface area contributed by atoms with Crippen LogP contribution in [0.5, 0.6) is 5.75 Å². The minimum Gasteiger partial charge on any atom is -0.429 e. The first-order valence-corrected chi connectivity index (χ1v) is 13.2. The lowest BCUT2D eigenvalue weighted by atomic mass is 9.99. The summed E-state index contributed by atoms with van der Waals surface area (Å²) in [5.41, 5.74) is -9.65. The first-order valence-electron chi connectivity index (χ1n) is 12.8. The lowest BCUT2D eigenvalue weighted by Crippen LogP contribution is -2.51. The number of rotatable bonds is 10. The summed E-state index contributed by atoms with van der Waals surface area (Å²) < 4.78 is 133. The van der Waals surface area contributed by atoms with Gasteiger partial charge in [-0.2, -0.15) is 50.6 Å². The Bertz CT molecular complexity index is 1610. The average Bonchev–Trinajstić information content (AvgIpc) is 3.45. The van der Waals surface area contributed by atoms with Crippen LogP contribution in [-0.4, -0.2) is 67.7 Å². The molecule has 1 fully saturated rings. The van der Waals surface area contributed by atoms with Gasteiger partial charge in [0.2, 0.25) is 0 Å². The molecule has 2 aromatic heterocycles. The average molecular weight is 673 g/mol. The van der Waals surface area contributed by atoms with Crippen molar-refractivity contribution in [2.45, 2.75) is 63.0 Å². The number of hydrogen-bond donors (Lipinski definition) is 0. The van der Waals surface area contributed by atoms with Gasteiger partial charge in [0.25, 0.3) is 5.91 Å². The number of nitriles is 1. The fraction of sp³-hybridized carbons (Fsp3) is 0.462. The summed E-state index contributed by atoms with van der Waals surface area (Å²) in [5.74, 6) is -3.53. The Morgan fingerprint density at radius 1 is 1.13 bits per heavy atom. The van der Waals surface area contributed by atoms with E-state index in [2.05, 4.69) is 21.0 Å². The molecule has 1 amide bonds. The molecule has 0 unspecified atom stereocenters. The van der Waals surface area contributed by atoms with Crippen molar-refractivity contribution in [3.8, 4) is 28.8 Å². The molecule has 244 valence electrons. The fourth-order valence-corrected chi connectivity index (χ4v) is 4.56. The molecule has 1 saturated carbocycles. The van der Waals surface area contributed by atoms with Crippen molar-refractivity contribution in [3.63, 3.8) is 0 Å². The molecule has 0 saturated heterocycles. The molecule has 45 heavy (non-hydrogen) atoms. The number of carbonyl (C=O) groups excluding carboxylic acids is 1. The number of aryl methyl sites for hydroxylation is 1. The van der Waals surface area contributed by atoms with Crippen molar-refractivity contribution in [1.29, 1.82) is 5.26 Å². The summed E-state index contributed by atoms with van der Waals surface area (Å²) in [7, 11) is 0.765. The number of amides is 1. The van der Waals surface area contributed by atoms with Crippen molar-refractivity contribution >= 4 is 17.5 Å². The summed E-state index contributed by atoms with van der Waals surface area (Å²) >= 11 is 6.30. The molecule has 0 radical (unpaired) electrons. The molecule has 9 nitrogen and oxygen atoms in total. The largest absolute Gasteiger partial charge is 0.437 e. The van der Waals surface area contributed by atoms with Gasteiger partial charge in [0.1, 0.15) is 12.3 Å². The highest BCUT2D eigenvalue weighted by Gasteiger charge is 2.76. The van der Waals surface area contributed by atoms with Gasteiger partial charge in [-0.05, 0) is 44.4 Å². The van der Waals surface area contributed by atoms with Crippen LogP contribution in [0.2, 0.25) is 5.02 Å². The first-order chi connectivity index (χ1) is 20.8. The third-order valence-corrected chi connectivity index (χ3v) is 7.18. The highest BCUT2D eigenvalue weighted by atomic mass is 35.5. The zero-order chi connectivity index (χ0) is 33.7. The highest BCUT2D eigenvalue weighted by Crippen LogP contribution is 2.56. The van der Waals surface area contributed by atoms with Gasteiger partial charge < -0.3 is 9.47 Å². The summed E-state index contributed by atoms with van der Waals surface area (Å²) in [4.78, 5) is 14.8. The second-order valence-corrected chi connectivity index (χ2v) is 10.7. The molecule has 0 bridgehead atoms. The second-order valence-electron chi connectivity index (χ2n) is 10.2. The molecule has 1 aliphatic rings. The van der Waals surface area contributed by atoms with Crippen LogP contribution < -0.4 is 4.74 Å². The van der Waals surface area contributed by atoms with E-state index in [1.54, 1.807) is 13.8 Å². The number of carbonyl (C=O) groups is 1. The smallest absolute Gasteiger partial charge is 0.429 e. The summed E-state index contributed by atoms with van der Waals surface area (Å²) in [6.45, 7) is -0.766. The van der Waals surface area contributed by atoms with E-state index in [0.29, 0.717) is 17.5 Å². The predicted octanol–water partition coefficient (Wildman–Crippen LogP) is 6.70. The van der Waals surface area contributed by atoms with Gasteiger partial charge in [-0.15, -0.1) is 0 Å². The number of aromatic nitrogens is 4. The molecular formula is C26H22ClF9N6O3. The SMILES string of the molecule is CC(C)OCN(C(=O)c1cc(-c2cnn(-c3c(OC(F)F)c(C(F)(C(F)(F)F)C(F)(F)F)nn3C)c2)ccc1Cl)C1(C#N)CC1. The predicted molar refractivity (Wildman–Crippen MR) is 137 cm³/mol. The molecule has 2 heterocycles. The Morgan fingerprint density at radius 2 is 1.76 bits per heavy atom. The van der Waals surface area contributed by atoms with Crippen molar-refractivity contribution in [3.05, 3.63) is 46.9 Å². The monoisotopic (exact) mass is 672 g/mol. The quantitative estimate of drug-likeness (QED) is 0.176. The van der Waals surface area contributed by atoms with Crippen molar-refractivity contribution < 1.29 is 53.8 Å². The van der Waals surface area contributed by atoms with Gasteiger partial charge in [-0.1, -0.05) is 17.7 Å². The Hall–Kier alpha value is -3.98. The Balaban J connectivity index is 1.79. The molecule has 0 atom stereocenters. The van der Waals surface area contributed by atoms with Crippen LogP contribution in [0.25, 0.3) is 16.9 Å². The van der Waals surface area contributed by atoms with Crippen LogP contribution in [0.4, 0.5) is 39.5 Å². The van der Waals surface area contributed by atoms with Crippen LogP contribution in [0.15, 0.2) is 30.6 Å². The highest BCUT2D eigenvalue weighted by molar-refractivity contribution is 6.34. The van der Waals surface area contributed by atoms with Gasteiger partial charge in [-0.3, -0.25) is 9.69 Å². The van der Waals surface area contributed by atoms with Crippen LogP contribution in [0.3, 0.4) is 0 Å². The minimum absolute atomic E-state index is 0.0260. The van der Waals surface area contributed by atoms with E-state index >= 15 is 0 Å². The van der Waals surface area contributed by atoms with Crippen LogP contribution in [0.1, 0.15) is 42.7 Å². The number of halogens is 10. The van der Waals surface area contributed by atoms with E-state index in [-0.39, 0.29) is 39.2 Å². The van der Waals surface area contributed by atoms with Crippen molar-refractivity contribution in [2.24, 2.45) is 7.05 Å². The lowest BCUT2D eigenvalue weighted by Gasteiger charge is -2.28. The zero-order valence-corrected chi connectivity index (χ0v) is 24.1. The second kappa shape index (κ2) is 11.7. The number of nitrogens with zero attached hydrogens (tertiary/aromatic N) is 6. The number of alkyl halides is 9. The number of benzene rings is 1. The molecule has 0 N–H and O–H groups in total. The van der Waals surface area contributed by atoms with Crippen LogP contribution in [0, 0.1) is 11.3 Å². The van der Waals surface area contributed by atoms with E-state index in [9.17, 15) is 49.6 Å². The van der Waals surface area contributed by atoms with Gasteiger partial charge in [0.05, 0.1) is 29.0 Å². The van der Waals surface area contributed by atoms with Crippen molar-refractivity contribution in [1.82, 2.24) is 24.5 Å². The van der Waals surface area contributed by atoms with Gasteiger partial charge in [0, 0.05) is 18.8 Å². The molecule has 4 rings (SSSR count). The van der Waals surface area contributed by atoms with Gasteiger partial charge in [0.15, 0.2) is 17.3 Å². The van der Waals surface area contributed by atoms with E-state index in [4.69, 9.17) is 16.3 Å². The number of ether oxygens (including phenoxy) is 2. The molecule has 0 spiro atoms. The Labute approximate surface area is 253 Å². The third kappa shape index (κ3) is 6.15. The molecule has 1 aromatic carbocycles. The number of hydrogen-bond acceptors (Lipinski definition) is 6. The van der Waals surface area contributed by atoms with Crippen LogP contribution >= 0.6 is 11.6 Å². The van der Waals surface area contributed by atoms with Gasteiger partial charge >= 0.3 is 24.6 Å². The fourth-order valence-electron chi connectivity index (χ4n) is 4.36. The van der Waals surface area contributed by atoms with E-state index in [1.807, 2.05) is 0 Å².